The molecule has 1 rings (SSSR count). The minimum absolute atomic E-state index is 0. The quantitative estimate of drug-likeness (QED) is 0.931. The number of carbonyl (C=O) groups is 1. The van der Waals surface area contributed by atoms with Gasteiger partial charge in [0.1, 0.15) is 17.1 Å². The van der Waals surface area contributed by atoms with Gasteiger partial charge >= 0.3 is 5.97 Å². The second kappa shape index (κ2) is 5.82. The molecule has 0 aliphatic rings. The van der Waals surface area contributed by atoms with Gasteiger partial charge in [0.05, 0.1) is 18.7 Å². The molecule has 0 saturated heterocycles. The van der Waals surface area contributed by atoms with Crippen LogP contribution >= 0.6 is 28.3 Å². The molecule has 0 aliphatic heterocycles. The average Bonchev–Trinajstić information content (AvgIpc) is 2.17. The van der Waals surface area contributed by atoms with Crippen molar-refractivity contribution in [3.8, 4) is 11.5 Å². The lowest BCUT2D eigenvalue weighted by atomic mass is 10.2. The first-order valence-corrected chi connectivity index (χ1v) is 4.54. The van der Waals surface area contributed by atoms with Crippen LogP contribution in [0.5, 0.6) is 11.5 Å². The highest BCUT2D eigenvalue weighted by Crippen LogP contribution is 2.32. The summed E-state index contributed by atoms with van der Waals surface area (Å²) in [5.41, 5.74) is 0.0974. The number of hydrogen-bond donors (Lipinski definition) is 1. The van der Waals surface area contributed by atoms with E-state index in [1.165, 1.54) is 26.4 Å². The summed E-state index contributed by atoms with van der Waals surface area (Å²) in [7, 11) is 2.91. The summed E-state index contributed by atoms with van der Waals surface area (Å²) in [5.74, 6) is -0.227. The molecule has 4 nitrogen and oxygen atoms in total. The maximum absolute atomic E-state index is 10.8. The highest BCUT2D eigenvalue weighted by Gasteiger charge is 2.14. The molecule has 0 amide bonds. The first-order chi connectivity index (χ1) is 6.60. The number of aromatic carboxylic acids is 1. The standard InChI is InChI=1S/C9H9BrO4.ClH/c1-13-7-4-8(14-2)6(10)3-5(7)9(11)12;/h3-4H,1-2H3,(H,11,12);1H. The molecule has 0 saturated carbocycles. The van der Waals surface area contributed by atoms with Crippen LogP contribution in [0.2, 0.25) is 0 Å². The summed E-state index contributed by atoms with van der Waals surface area (Å²) in [4.78, 5) is 10.8. The van der Waals surface area contributed by atoms with Gasteiger partial charge in [0.2, 0.25) is 0 Å². The molecule has 84 valence electrons. The Hall–Kier alpha value is -0.940. The van der Waals surface area contributed by atoms with E-state index in [4.69, 9.17) is 14.6 Å². The van der Waals surface area contributed by atoms with E-state index >= 15 is 0 Å². The van der Waals surface area contributed by atoms with Crippen LogP contribution in [-0.4, -0.2) is 25.3 Å². The molecule has 0 radical (unpaired) electrons. The Kier molecular flexibility index (Phi) is 5.46. The van der Waals surface area contributed by atoms with E-state index in [0.717, 1.165) is 0 Å². The van der Waals surface area contributed by atoms with Crippen LogP contribution in [0.15, 0.2) is 16.6 Å². The van der Waals surface area contributed by atoms with Crippen LogP contribution in [0.4, 0.5) is 0 Å². The lowest BCUT2D eigenvalue weighted by Gasteiger charge is -2.08. The second-order valence-electron chi connectivity index (χ2n) is 2.49. The Labute approximate surface area is 102 Å². The van der Waals surface area contributed by atoms with Crippen molar-refractivity contribution in [2.75, 3.05) is 14.2 Å². The molecule has 1 aromatic carbocycles. The van der Waals surface area contributed by atoms with Gasteiger partial charge in [0, 0.05) is 6.07 Å². The van der Waals surface area contributed by atoms with Crippen LogP contribution in [0, 0.1) is 0 Å². The molecular weight excluding hydrogens is 287 g/mol. The molecule has 0 aromatic heterocycles. The van der Waals surface area contributed by atoms with Gasteiger partial charge in [-0.3, -0.25) is 0 Å². The lowest BCUT2D eigenvalue weighted by Crippen LogP contribution is -2.01. The third-order valence-electron chi connectivity index (χ3n) is 1.70. The Morgan fingerprint density at radius 2 is 1.80 bits per heavy atom. The number of carboxylic acid groups (broad SMARTS) is 1. The summed E-state index contributed by atoms with van der Waals surface area (Å²) in [6.45, 7) is 0. The summed E-state index contributed by atoms with van der Waals surface area (Å²) >= 11 is 3.20. The largest absolute Gasteiger partial charge is 0.496 e. The summed E-state index contributed by atoms with van der Waals surface area (Å²) in [6, 6.07) is 2.97. The number of rotatable bonds is 3. The minimum atomic E-state index is -1.04. The number of ether oxygens (including phenoxy) is 2. The minimum Gasteiger partial charge on any atom is -0.496 e. The predicted octanol–water partition coefficient (Wildman–Crippen LogP) is 2.59. The van der Waals surface area contributed by atoms with Gasteiger partial charge in [-0.05, 0) is 22.0 Å². The Morgan fingerprint density at radius 3 is 2.20 bits per heavy atom. The number of hydrogen-bond acceptors (Lipinski definition) is 3. The highest BCUT2D eigenvalue weighted by atomic mass is 79.9. The van der Waals surface area contributed by atoms with E-state index < -0.39 is 5.97 Å². The molecule has 0 heterocycles. The normalized spacial score (nSPS) is 9.00. The van der Waals surface area contributed by atoms with Gasteiger partial charge in [-0.25, -0.2) is 4.79 Å². The van der Waals surface area contributed by atoms with E-state index in [1.807, 2.05) is 0 Å². The Morgan fingerprint density at radius 1 is 1.27 bits per heavy atom. The number of halogens is 2. The van der Waals surface area contributed by atoms with Crippen LogP contribution in [0.25, 0.3) is 0 Å². The summed E-state index contributed by atoms with van der Waals surface area (Å²) in [6.07, 6.45) is 0. The lowest BCUT2D eigenvalue weighted by molar-refractivity contribution is 0.0693. The SMILES string of the molecule is COc1cc(OC)c(C(=O)O)cc1Br.Cl. The molecule has 0 fully saturated rings. The average molecular weight is 298 g/mol. The first-order valence-electron chi connectivity index (χ1n) is 3.75. The fourth-order valence-corrected chi connectivity index (χ4v) is 1.53. The number of methoxy groups -OCH3 is 2. The van der Waals surface area contributed by atoms with Crippen LogP contribution in [-0.2, 0) is 0 Å². The maximum Gasteiger partial charge on any atom is 0.339 e. The molecule has 0 spiro atoms. The van der Waals surface area contributed by atoms with Gasteiger partial charge in [-0.15, -0.1) is 12.4 Å². The maximum atomic E-state index is 10.8. The van der Waals surface area contributed by atoms with E-state index in [1.54, 1.807) is 0 Å². The van der Waals surface area contributed by atoms with Gasteiger partial charge in [0.15, 0.2) is 0 Å². The molecule has 1 aromatic rings. The van der Waals surface area contributed by atoms with Crippen molar-refractivity contribution in [2.45, 2.75) is 0 Å². The molecule has 6 heteroatoms. The molecule has 0 atom stereocenters. The van der Waals surface area contributed by atoms with Crippen molar-refractivity contribution >= 4 is 34.3 Å². The van der Waals surface area contributed by atoms with Crippen molar-refractivity contribution in [1.29, 1.82) is 0 Å². The van der Waals surface area contributed by atoms with Crippen LogP contribution in [0.3, 0.4) is 0 Å². The summed E-state index contributed by atoms with van der Waals surface area (Å²) in [5, 5.41) is 8.84. The zero-order valence-electron chi connectivity index (χ0n) is 8.11. The molecular formula is C9H10BrClO4. The van der Waals surface area contributed by atoms with Crippen LogP contribution < -0.4 is 9.47 Å². The van der Waals surface area contributed by atoms with Crippen LogP contribution in [0.1, 0.15) is 10.4 Å². The third-order valence-corrected chi connectivity index (χ3v) is 2.32. The fraction of sp³-hybridized carbons (Fsp3) is 0.222. The summed E-state index contributed by atoms with van der Waals surface area (Å²) < 4.78 is 10.5. The molecule has 0 bridgehead atoms. The van der Waals surface area contributed by atoms with Crippen molar-refractivity contribution in [1.82, 2.24) is 0 Å². The molecule has 1 N–H and O–H groups in total. The van der Waals surface area contributed by atoms with E-state index in [-0.39, 0.29) is 23.7 Å². The van der Waals surface area contributed by atoms with Crippen molar-refractivity contribution in [2.24, 2.45) is 0 Å². The molecule has 0 unspecified atom stereocenters. The van der Waals surface area contributed by atoms with E-state index in [9.17, 15) is 4.79 Å². The second-order valence-corrected chi connectivity index (χ2v) is 3.35. The van der Waals surface area contributed by atoms with Gasteiger partial charge in [0.25, 0.3) is 0 Å². The van der Waals surface area contributed by atoms with E-state index in [0.29, 0.717) is 10.2 Å². The van der Waals surface area contributed by atoms with Gasteiger partial charge < -0.3 is 14.6 Å². The van der Waals surface area contributed by atoms with Crippen molar-refractivity contribution in [3.05, 3.63) is 22.2 Å². The number of benzene rings is 1. The number of carboxylic acids is 1. The Bertz CT molecular complexity index is 367. The van der Waals surface area contributed by atoms with Crippen molar-refractivity contribution < 1.29 is 19.4 Å². The van der Waals surface area contributed by atoms with Gasteiger partial charge in [-0.2, -0.15) is 0 Å². The Balaban J connectivity index is 0.00000196. The first kappa shape index (κ1) is 14.1. The molecule has 15 heavy (non-hydrogen) atoms. The monoisotopic (exact) mass is 296 g/mol. The highest BCUT2D eigenvalue weighted by molar-refractivity contribution is 9.10. The zero-order chi connectivity index (χ0) is 10.7. The topological polar surface area (TPSA) is 55.8 Å². The smallest absolute Gasteiger partial charge is 0.339 e. The van der Waals surface area contributed by atoms with E-state index in [2.05, 4.69) is 15.9 Å². The van der Waals surface area contributed by atoms with Crippen molar-refractivity contribution in [3.63, 3.8) is 0 Å². The zero-order valence-corrected chi connectivity index (χ0v) is 10.5. The fourth-order valence-electron chi connectivity index (χ4n) is 1.03. The molecule has 0 aliphatic carbocycles. The van der Waals surface area contributed by atoms with Gasteiger partial charge in [-0.1, -0.05) is 0 Å². The predicted molar refractivity (Wildman–Crippen MR) is 61.5 cm³/mol. The third kappa shape index (κ3) is 3.00.